The quantitative estimate of drug-likeness (QED) is 0.638. The molecule has 2 rings (SSSR count). The third-order valence-corrected chi connectivity index (χ3v) is 3.76. The number of nitrogens with two attached hydrogens (primary N) is 1. The van der Waals surface area contributed by atoms with Crippen molar-refractivity contribution < 1.29 is 14.3 Å². The monoisotopic (exact) mass is 270 g/mol. The molecule has 2 heterocycles. The van der Waals surface area contributed by atoms with E-state index in [1.165, 1.54) is 0 Å². The minimum atomic E-state index is -0.481. The summed E-state index contributed by atoms with van der Waals surface area (Å²) in [4.78, 5) is 29.4. The van der Waals surface area contributed by atoms with Crippen molar-refractivity contribution in [2.24, 2.45) is 5.73 Å². The third-order valence-electron chi connectivity index (χ3n) is 3.76. The second-order valence-corrected chi connectivity index (χ2v) is 5.15. The second kappa shape index (κ2) is 6.31. The summed E-state index contributed by atoms with van der Waals surface area (Å²) < 4.78 is 5.24. The van der Waals surface area contributed by atoms with E-state index in [4.69, 9.17) is 10.5 Å². The largest absolute Gasteiger partial charge is 0.378 e. The van der Waals surface area contributed by atoms with Gasteiger partial charge in [0.05, 0.1) is 19.8 Å². The Bertz CT molecular complexity index is 342. The molecule has 2 saturated heterocycles. The molecule has 1 atom stereocenters. The van der Waals surface area contributed by atoms with Gasteiger partial charge in [0.2, 0.25) is 11.8 Å². The second-order valence-electron chi connectivity index (χ2n) is 5.15. The minimum absolute atomic E-state index is 0.0706. The Hall–Kier alpha value is -1.18. The van der Waals surface area contributed by atoms with Gasteiger partial charge >= 0.3 is 0 Å². The molecule has 2 aliphatic rings. The van der Waals surface area contributed by atoms with Crippen LogP contribution in [-0.4, -0.2) is 92.1 Å². The number of carbonyl (C=O) groups excluding carboxylic acids is 2. The summed E-state index contributed by atoms with van der Waals surface area (Å²) in [5.74, 6) is -0.355. The van der Waals surface area contributed by atoms with Gasteiger partial charge in [0.25, 0.3) is 0 Å². The van der Waals surface area contributed by atoms with Crippen LogP contribution in [-0.2, 0) is 14.3 Å². The van der Waals surface area contributed by atoms with E-state index in [1.807, 2.05) is 16.8 Å². The van der Waals surface area contributed by atoms with Crippen molar-refractivity contribution in [2.45, 2.75) is 6.04 Å². The van der Waals surface area contributed by atoms with Crippen LogP contribution in [0.1, 0.15) is 0 Å². The first-order chi connectivity index (χ1) is 9.08. The number of piperazine rings is 1. The summed E-state index contributed by atoms with van der Waals surface area (Å²) in [6, 6.07) is -0.481. The van der Waals surface area contributed by atoms with Gasteiger partial charge in [0.1, 0.15) is 6.04 Å². The lowest BCUT2D eigenvalue weighted by Crippen LogP contribution is -2.57. The maximum Gasteiger partial charge on any atom is 0.237 e. The molecule has 0 radical (unpaired) electrons. The fourth-order valence-corrected chi connectivity index (χ4v) is 2.42. The fourth-order valence-electron chi connectivity index (χ4n) is 2.42. The number of primary amides is 1. The van der Waals surface area contributed by atoms with Gasteiger partial charge in [-0.15, -0.1) is 0 Å². The molecule has 0 saturated carbocycles. The van der Waals surface area contributed by atoms with E-state index in [2.05, 4.69) is 4.90 Å². The molecule has 0 bridgehead atoms. The molecule has 0 aliphatic carbocycles. The lowest BCUT2D eigenvalue weighted by atomic mass is 10.2. The van der Waals surface area contributed by atoms with E-state index in [0.717, 1.165) is 26.2 Å². The number of hydrogen-bond donors (Lipinski definition) is 1. The highest BCUT2D eigenvalue weighted by Gasteiger charge is 2.30. The van der Waals surface area contributed by atoms with Crippen LogP contribution in [0, 0.1) is 0 Å². The fraction of sp³-hybridized carbons (Fsp3) is 0.833. The van der Waals surface area contributed by atoms with Gasteiger partial charge in [0.15, 0.2) is 0 Å². The van der Waals surface area contributed by atoms with E-state index in [0.29, 0.717) is 13.2 Å². The lowest BCUT2D eigenvalue weighted by molar-refractivity contribution is -0.139. The molecule has 2 fully saturated rings. The summed E-state index contributed by atoms with van der Waals surface area (Å²) >= 11 is 0. The summed E-state index contributed by atoms with van der Waals surface area (Å²) in [5, 5.41) is 0. The molecule has 108 valence electrons. The number of morpholine rings is 1. The summed E-state index contributed by atoms with van der Waals surface area (Å²) in [6.45, 7) is 4.95. The van der Waals surface area contributed by atoms with Crippen molar-refractivity contribution in [2.75, 3.05) is 59.5 Å². The topological polar surface area (TPSA) is 79.1 Å². The highest BCUT2D eigenvalue weighted by molar-refractivity contribution is 5.82. The van der Waals surface area contributed by atoms with E-state index in [1.54, 1.807) is 0 Å². The lowest BCUT2D eigenvalue weighted by Gasteiger charge is -2.37. The van der Waals surface area contributed by atoms with Crippen LogP contribution < -0.4 is 5.73 Å². The zero-order valence-corrected chi connectivity index (χ0v) is 11.4. The van der Waals surface area contributed by atoms with E-state index in [9.17, 15) is 9.59 Å². The molecule has 0 spiro atoms. The van der Waals surface area contributed by atoms with Gasteiger partial charge in [-0.3, -0.25) is 14.5 Å². The number of amides is 2. The molecular weight excluding hydrogens is 248 g/mol. The predicted molar refractivity (Wildman–Crippen MR) is 69.5 cm³/mol. The van der Waals surface area contributed by atoms with Crippen molar-refractivity contribution in [3.8, 4) is 0 Å². The van der Waals surface area contributed by atoms with Crippen LogP contribution in [0.15, 0.2) is 0 Å². The Morgan fingerprint density at radius 3 is 2.53 bits per heavy atom. The van der Waals surface area contributed by atoms with E-state index < -0.39 is 11.9 Å². The van der Waals surface area contributed by atoms with Gasteiger partial charge in [-0.25, -0.2) is 0 Å². The summed E-state index contributed by atoms with van der Waals surface area (Å²) in [7, 11) is 2.05. The number of rotatable bonds is 3. The van der Waals surface area contributed by atoms with Crippen molar-refractivity contribution in [3.05, 3.63) is 0 Å². The first-order valence-electron chi connectivity index (χ1n) is 6.65. The molecule has 0 aromatic rings. The van der Waals surface area contributed by atoms with Gasteiger partial charge in [-0.2, -0.15) is 0 Å². The molecule has 0 aromatic carbocycles. The minimum Gasteiger partial charge on any atom is -0.378 e. The SMILES string of the molecule is CN1CCN(C(=O)CN2CCOCC2C(N)=O)CC1. The number of hydrogen-bond acceptors (Lipinski definition) is 5. The van der Waals surface area contributed by atoms with Gasteiger partial charge in [-0.05, 0) is 7.05 Å². The smallest absolute Gasteiger partial charge is 0.237 e. The van der Waals surface area contributed by atoms with Crippen LogP contribution in [0.2, 0.25) is 0 Å². The molecule has 2 amide bonds. The van der Waals surface area contributed by atoms with Crippen molar-refractivity contribution in [1.82, 2.24) is 14.7 Å². The maximum absolute atomic E-state index is 12.2. The zero-order valence-electron chi connectivity index (χ0n) is 11.4. The Kier molecular flexibility index (Phi) is 4.73. The van der Waals surface area contributed by atoms with E-state index >= 15 is 0 Å². The first-order valence-corrected chi connectivity index (χ1v) is 6.65. The molecule has 7 nitrogen and oxygen atoms in total. The Morgan fingerprint density at radius 2 is 1.89 bits per heavy atom. The predicted octanol–water partition coefficient (Wildman–Crippen LogP) is -2.05. The summed E-state index contributed by atoms with van der Waals surface area (Å²) in [6.07, 6.45) is 0. The Balaban J connectivity index is 1.88. The highest BCUT2D eigenvalue weighted by atomic mass is 16.5. The van der Waals surface area contributed by atoms with Crippen molar-refractivity contribution in [3.63, 3.8) is 0 Å². The van der Waals surface area contributed by atoms with Crippen LogP contribution in [0.3, 0.4) is 0 Å². The number of carbonyl (C=O) groups is 2. The van der Waals surface area contributed by atoms with Crippen LogP contribution in [0.5, 0.6) is 0 Å². The average Bonchev–Trinajstić information content (AvgIpc) is 2.39. The standard InChI is InChI=1S/C12H22N4O3/c1-14-2-4-15(5-3-14)11(17)8-16-6-7-19-9-10(16)12(13)18/h10H,2-9H2,1H3,(H2,13,18). The van der Waals surface area contributed by atoms with Gasteiger partial charge in [0, 0.05) is 32.7 Å². The van der Waals surface area contributed by atoms with Gasteiger partial charge in [-0.1, -0.05) is 0 Å². The molecule has 2 N–H and O–H groups in total. The van der Waals surface area contributed by atoms with Crippen LogP contribution in [0.25, 0.3) is 0 Å². The van der Waals surface area contributed by atoms with Crippen LogP contribution >= 0.6 is 0 Å². The van der Waals surface area contributed by atoms with Crippen molar-refractivity contribution >= 4 is 11.8 Å². The molecule has 7 heteroatoms. The molecular formula is C12H22N4O3. The van der Waals surface area contributed by atoms with E-state index in [-0.39, 0.29) is 19.1 Å². The van der Waals surface area contributed by atoms with Crippen LogP contribution in [0.4, 0.5) is 0 Å². The number of ether oxygens (including phenoxy) is 1. The third kappa shape index (κ3) is 3.65. The van der Waals surface area contributed by atoms with Crippen molar-refractivity contribution in [1.29, 1.82) is 0 Å². The first kappa shape index (κ1) is 14.2. The maximum atomic E-state index is 12.2. The molecule has 0 aromatic heterocycles. The molecule has 19 heavy (non-hydrogen) atoms. The molecule has 1 unspecified atom stereocenters. The normalized spacial score (nSPS) is 26.4. The summed E-state index contributed by atoms with van der Waals surface area (Å²) in [5.41, 5.74) is 5.34. The molecule has 2 aliphatic heterocycles. The number of likely N-dealkylation sites (N-methyl/N-ethyl adjacent to an activating group) is 1. The number of nitrogens with zero attached hydrogens (tertiary/aromatic N) is 3. The van der Waals surface area contributed by atoms with Gasteiger partial charge < -0.3 is 20.3 Å². The average molecular weight is 270 g/mol. The Labute approximate surface area is 113 Å². The highest BCUT2D eigenvalue weighted by Crippen LogP contribution is 2.08. The zero-order chi connectivity index (χ0) is 13.8. The Morgan fingerprint density at radius 1 is 1.21 bits per heavy atom.